The number of carbonyl (C=O) groups is 1. The third-order valence-electron chi connectivity index (χ3n) is 3.66. The lowest BCUT2D eigenvalue weighted by Crippen LogP contribution is -2.23. The zero-order valence-electron chi connectivity index (χ0n) is 12.5. The molecule has 0 aliphatic carbocycles. The first-order valence-corrected chi connectivity index (χ1v) is 7.18. The predicted molar refractivity (Wildman–Crippen MR) is 84.9 cm³/mol. The van der Waals surface area contributed by atoms with Gasteiger partial charge in [-0.05, 0) is 18.2 Å². The Morgan fingerprint density at radius 3 is 3.09 bits per heavy atom. The van der Waals surface area contributed by atoms with E-state index in [9.17, 15) is 4.79 Å². The quantitative estimate of drug-likeness (QED) is 0.623. The molecule has 0 fully saturated rings. The normalized spacial score (nSPS) is 11.2. The summed E-state index contributed by atoms with van der Waals surface area (Å²) in [6.07, 6.45) is 7.06. The van der Waals surface area contributed by atoms with Gasteiger partial charge in [-0.2, -0.15) is 0 Å². The summed E-state index contributed by atoms with van der Waals surface area (Å²) in [6, 6.07) is 7.52. The van der Waals surface area contributed by atoms with Crippen molar-refractivity contribution >= 4 is 22.7 Å². The van der Waals surface area contributed by atoms with Gasteiger partial charge in [0, 0.05) is 25.6 Å². The first-order chi connectivity index (χ1) is 11.2. The Bertz CT molecular complexity index is 983. The van der Waals surface area contributed by atoms with Crippen molar-refractivity contribution < 1.29 is 4.79 Å². The molecule has 0 aliphatic heterocycles. The van der Waals surface area contributed by atoms with E-state index in [0.29, 0.717) is 17.6 Å². The molecule has 0 aliphatic rings. The fourth-order valence-corrected chi connectivity index (χ4v) is 2.49. The number of pyridine rings is 2. The predicted octanol–water partition coefficient (Wildman–Crippen LogP) is 1.55. The first-order valence-electron chi connectivity index (χ1n) is 7.18. The van der Waals surface area contributed by atoms with Gasteiger partial charge in [0.1, 0.15) is 11.2 Å². The number of imidazole rings is 2. The van der Waals surface area contributed by atoms with Crippen LogP contribution in [0.1, 0.15) is 16.1 Å². The summed E-state index contributed by atoms with van der Waals surface area (Å²) in [5, 5.41) is 2.86. The van der Waals surface area contributed by atoms with E-state index in [1.165, 1.54) is 0 Å². The van der Waals surface area contributed by atoms with Gasteiger partial charge in [-0.1, -0.05) is 6.07 Å². The van der Waals surface area contributed by atoms with Crippen molar-refractivity contribution in [2.24, 2.45) is 7.05 Å². The Labute approximate surface area is 131 Å². The molecule has 23 heavy (non-hydrogen) atoms. The molecule has 0 unspecified atom stereocenters. The highest BCUT2D eigenvalue weighted by Gasteiger charge is 2.10. The molecule has 0 saturated heterocycles. The maximum atomic E-state index is 12.3. The molecule has 0 aromatic carbocycles. The van der Waals surface area contributed by atoms with Crippen LogP contribution in [0.5, 0.6) is 0 Å². The van der Waals surface area contributed by atoms with Gasteiger partial charge in [0.15, 0.2) is 5.65 Å². The van der Waals surface area contributed by atoms with E-state index in [2.05, 4.69) is 20.3 Å². The maximum absolute atomic E-state index is 12.3. The Hall–Kier alpha value is -3.22. The molecule has 7 nitrogen and oxygen atoms in total. The summed E-state index contributed by atoms with van der Waals surface area (Å²) < 4.78 is 3.73. The van der Waals surface area contributed by atoms with Crippen LogP contribution in [0.2, 0.25) is 0 Å². The third kappa shape index (κ3) is 2.42. The number of hydrogen-bond acceptors (Lipinski definition) is 4. The smallest absolute Gasteiger partial charge is 0.253 e. The van der Waals surface area contributed by atoms with E-state index in [4.69, 9.17) is 0 Å². The highest BCUT2D eigenvalue weighted by Crippen LogP contribution is 2.11. The van der Waals surface area contributed by atoms with Crippen LogP contribution >= 0.6 is 0 Å². The molecule has 1 amide bonds. The number of carbonyl (C=O) groups excluding carboxylic acids is 1. The lowest BCUT2D eigenvalue weighted by atomic mass is 10.2. The average molecular weight is 306 g/mol. The molecule has 4 rings (SSSR count). The van der Waals surface area contributed by atoms with Crippen LogP contribution in [0.25, 0.3) is 16.8 Å². The standard InChI is InChI=1S/C16H14N6O/c1-21-10-19-13-6-11(7-17-15(13)21)16(23)18-8-12-9-22-5-3-2-4-14(22)20-12/h2-7,9-10H,8H2,1H3,(H,18,23). The lowest BCUT2D eigenvalue weighted by molar-refractivity contribution is 0.0950. The Morgan fingerprint density at radius 2 is 2.22 bits per heavy atom. The van der Waals surface area contributed by atoms with Gasteiger partial charge in [0.05, 0.1) is 24.1 Å². The summed E-state index contributed by atoms with van der Waals surface area (Å²) >= 11 is 0. The van der Waals surface area contributed by atoms with Crippen molar-refractivity contribution in [2.45, 2.75) is 6.54 Å². The highest BCUT2D eigenvalue weighted by molar-refractivity contribution is 5.96. The van der Waals surface area contributed by atoms with E-state index in [-0.39, 0.29) is 5.91 Å². The van der Waals surface area contributed by atoms with Crippen molar-refractivity contribution in [1.82, 2.24) is 29.2 Å². The van der Waals surface area contributed by atoms with E-state index >= 15 is 0 Å². The molecule has 4 heterocycles. The summed E-state index contributed by atoms with van der Waals surface area (Å²) in [5.41, 5.74) is 3.60. The van der Waals surface area contributed by atoms with Crippen LogP contribution in [0.15, 0.2) is 49.2 Å². The first kappa shape index (κ1) is 13.4. The molecule has 0 bridgehead atoms. The van der Waals surface area contributed by atoms with Crippen molar-refractivity contribution in [2.75, 3.05) is 0 Å². The van der Waals surface area contributed by atoms with E-state index in [1.54, 1.807) is 18.6 Å². The number of nitrogens with one attached hydrogen (secondary N) is 1. The van der Waals surface area contributed by atoms with Gasteiger partial charge in [-0.25, -0.2) is 15.0 Å². The molecule has 0 spiro atoms. The van der Waals surface area contributed by atoms with E-state index in [1.807, 2.05) is 46.6 Å². The summed E-state index contributed by atoms with van der Waals surface area (Å²) in [5.74, 6) is -0.192. The summed E-state index contributed by atoms with van der Waals surface area (Å²) in [7, 11) is 1.87. The molecule has 4 aromatic heterocycles. The molecule has 0 atom stereocenters. The van der Waals surface area contributed by atoms with Crippen LogP contribution < -0.4 is 5.32 Å². The van der Waals surface area contributed by atoms with Gasteiger partial charge in [0.2, 0.25) is 0 Å². The topological polar surface area (TPSA) is 77.1 Å². The summed E-state index contributed by atoms with van der Waals surface area (Å²) in [4.78, 5) is 25.2. The number of fused-ring (bicyclic) bond motifs is 2. The third-order valence-corrected chi connectivity index (χ3v) is 3.66. The second-order valence-electron chi connectivity index (χ2n) is 5.30. The fraction of sp³-hybridized carbons (Fsp3) is 0.125. The number of hydrogen-bond donors (Lipinski definition) is 1. The van der Waals surface area contributed by atoms with E-state index in [0.717, 1.165) is 17.0 Å². The molecule has 7 heteroatoms. The maximum Gasteiger partial charge on any atom is 0.253 e. The average Bonchev–Trinajstić information content (AvgIpc) is 3.15. The van der Waals surface area contributed by atoms with Crippen LogP contribution in [-0.4, -0.2) is 29.8 Å². The van der Waals surface area contributed by atoms with Gasteiger partial charge in [-0.3, -0.25) is 4.79 Å². The zero-order valence-corrected chi connectivity index (χ0v) is 12.5. The number of amides is 1. The fourth-order valence-electron chi connectivity index (χ4n) is 2.49. The largest absolute Gasteiger partial charge is 0.346 e. The molecule has 4 aromatic rings. The van der Waals surface area contributed by atoms with Crippen LogP contribution in [0.3, 0.4) is 0 Å². The van der Waals surface area contributed by atoms with Gasteiger partial charge in [0.25, 0.3) is 5.91 Å². The van der Waals surface area contributed by atoms with Gasteiger partial charge in [-0.15, -0.1) is 0 Å². The Kier molecular flexibility index (Phi) is 3.04. The van der Waals surface area contributed by atoms with Crippen molar-refractivity contribution in [1.29, 1.82) is 0 Å². The minimum absolute atomic E-state index is 0.192. The molecule has 114 valence electrons. The number of aromatic nitrogens is 5. The van der Waals surface area contributed by atoms with Crippen LogP contribution in [-0.2, 0) is 13.6 Å². The number of nitrogens with zero attached hydrogens (tertiary/aromatic N) is 5. The van der Waals surface area contributed by atoms with Gasteiger partial charge < -0.3 is 14.3 Å². The Balaban J connectivity index is 1.52. The van der Waals surface area contributed by atoms with Crippen molar-refractivity contribution in [3.8, 4) is 0 Å². The number of rotatable bonds is 3. The van der Waals surface area contributed by atoms with Crippen molar-refractivity contribution in [3.63, 3.8) is 0 Å². The minimum Gasteiger partial charge on any atom is -0.346 e. The van der Waals surface area contributed by atoms with Crippen LogP contribution in [0, 0.1) is 0 Å². The number of aryl methyl sites for hydroxylation is 1. The van der Waals surface area contributed by atoms with Crippen molar-refractivity contribution in [3.05, 3.63) is 60.4 Å². The van der Waals surface area contributed by atoms with Crippen LogP contribution in [0.4, 0.5) is 0 Å². The Morgan fingerprint density at radius 1 is 1.30 bits per heavy atom. The molecular formula is C16H14N6O. The monoisotopic (exact) mass is 306 g/mol. The van der Waals surface area contributed by atoms with Gasteiger partial charge >= 0.3 is 0 Å². The SMILES string of the molecule is Cn1cnc2cc(C(=O)NCc3cn4ccccc4n3)cnc21. The zero-order chi connectivity index (χ0) is 15.8. The molecule has 0 saturated carbocycles. The highest BCUT2D eigenvalue weighted by atomic mass is 16.1. The lowest BCUT2D eigenvalue weighted by Gasteiger charge is -2.03. The molecular weight excluding hydrogens is 292 g/mol. The van der Waals surface area contributed by atoms with E-state index < -0.39 is 0 Å². The minimum atomic E-state index is -0.192. The second kappa shape index (κ2) is 5.20. The second-order valence-corrected chi connectivity index (χ2v) is 5.30. The molecule has 1 N–H and O–H groups in total. The summed E-state index contributed by atoms with van der Waals surface area (Å²) in [6.45, 7) is 0.362. The molecule has 0 radical (unpaired) electrons.